The van der Waals surface area contributed by atoms with E-state index in [4.69, 9.17) is 4.74 Å². The number of rotatable bonds is 4. The van der Waals surface area contributed by atoms with Crippen LogP contribution in [-0.2, 0) is 15.7 Å². The molecule has 0 saturated carbocycles. The minimum Gasteiger partial charge on any atom is -0.462 e. The van der Waals surface area contributed by atoms with Gasteiger partial charge >= 0.3 is 12.1 Å². The monoisotopic (exact) mass is 339 g/mol. The zero-order valence-corrected chi connectivity index (χ0v) is 11.9. The van der Waals surface area contributed by atoms with Crippen molar-refractivity contribution in [2.75, 3.05) is 11.9 Å². The Morgan fingerprint density at radius 3 is 2.58 bits per heavy atom. The summed E-state index contributed by atoms with van der Waals surface area (Å²) in [4.78, 5) is 11.3. The Kier molecular flexibility index (Phi) is 5.22. The Hall–Kier alpha value is -1.24. The highest BCUT2D eigenvalue weighted by molar-refractivity contribution is 9.10. The number of benzene rings is 1. The Labute approximate surface area is 117 Å². The van der Waals surface area contributed by atoms with Crippen LogP contribution in [0.5, 0.6) is 0 Å². The van der Waals surface area contributed by atoms with Crippen LogP contribution in [-0.4, -0.2) is 18.6 Å². The van der Waals surface area contributed by atoms with Crippen LogP contribution in [0.1, 0.15) is 19.4 Å². The SMILES string of the molecule is CC(C)OC(=O)CNc1cc(C(F)(F)F)ccc1Br. The second-order valence-electron chi connectivity index (χ2n) is 4.08. The number of nitrogens with one attached hydrogen (secondary N) is 1. The second kappa shape index (κ2) is 6.27. The van der Waals surface area contributed by atoms with Crippen LogP contribution in [0.4, 0.5) is 18.9 Å². The van der Waals surface area contributed by atoms with E-state index in [0.29, 0.717) is 4.47 Å². The molecule has 0 spiro atoms. The van der Waals surface area contributed by atoms with Crippen molar-refractivity contribution in [2.45, 2.75) is 26.1 Å². The quantitative estimate of drug-likeness (QED) is 0.847. The first kappa shape index (κ1) is 15.8. The van der Waals surface area contributed by atoms with E-state index in [2.05, 4.69) is 21.2 Å². The number of hydrogen-bond donors (Lipinski definition) is 1. The van der Waals surface area contributed by atoms with Crippen LogP contribution < -0.4 is 5.32 Å². The third-order valence-corrected chi connectivity index (χ3v) is 2.78. The number of halogens is 4. The maximum atomic E-state index is 12.5. The molecular weight excluding hydrogens is 327 g/mol. The molecule has 0 bridgehead atoms. The molecule has 1 aromatic rings. The van der Waals surface area contributed by atoms with E-state index in [9.17, 15) is 18.0 Å². The fraction of sp³-hybridized carbons (Fsp3) is 0.417. The van der Waals surface area contributed by atoms with Gasteiger partial charge in [-0.1, -0.05) is 0 Å². The fourth-order valence-corrected chi connectivity index (χ4v) is 1.70. The third kappa shape index (κ3) is 5.10. The number of carbonyl (C=O) groups excluding carboxylic acids is 1. The minimum atomic E-state index is -4.42. The molecule has 1 rings (SSSR count). The standard InChI is InChI=1S/C12H13BrF3NO2/c1-7(2)19-11(18)6-17-10-5-8(12(14,15)16)3-4-9(10)13/h3-5,7,17H,6H2,1-2H3. The zero-order valence-electron chi connectivity index (χ0n) is 10.3. The molecule has 0 radical (unpaired) electrons. The third-order valence-electron chi connectivity index (χ3n) is 2.08. The van der Waals surface area contributed by atoms with Crippen molar-refractivity contribution >= 4 is 27.6 Å². The summed E-state index contributed by atoms with van der Waals surface area (Å²) in [7, 11) is 0. The van der Waals surface area contributed by atoms with Gasteiger partial charge in [-0.15, -0.1) is 0 Å². The first-order chi connectivity index (χ1) is 8.70. The molecule has 106 valence electrons. The Balaban J connectivity index is 2.75. The van der Waals surface area contributed by atoms with Crippen molar-refractivity contribution in [3.05, 3.63) is 28.2 Å². The lowest BCUT2D eigenvalue weighted by Crippen LogP contribution is -2.20. The highest BCUT2D eigenvalue weighted by Gasteiger charge is 2.30. The first-order valence-electron chi connectivity index (χ1n) is 5.50. The molecule has 0 aromatic heterocycles. The van der Waals surface area contributed by atoms with Crippen LogP contribution in [0.25, 0.3) is 0 Å². The average molecular weight is 340 g/mol. The lowest BCUT2D eigenvalue weighted by atomic mass is 10.2. The number of alkyl halides is 3. The summed E-state index contributed by atoms with van der Waals surface area (Å²) in [5.74, 6) is -0.528. The van der Waals surface area contributed by atoms with Crippen molar-refractivity contribution in [1.29, 1.82) is 0 Å². The van der Waals surface area contributed by atoms with E-state index < -0.39 is 17.7 Å². The van der Waals surface area contributed by atoms with Crippen molar-refractivity contribution < 1.29 is 22.7 Å². The maximum Gasteiger partial charge on any atom is 0.416 e. The van der Waals surface area contributed by atoms with Crippen LogP contribution in [0, 0.1) is 0 Å². The number of esters is 1. The van der Waals surface area contributed by atoms with Gasteiger partial charge in [0, 0.05) is 10.2 Å². The number of ether oxygens (including phenoxy) is 1. The van der Waals surface area contributed by atoms with Gasteiger partial charge in [-0.05, 0) is 48.0 Å². The summed E-state index contributed by atoms with van der Waals surface area (Å²) < 4.78 is 42.9. The van der Waals surface area contributed by atoms with Crippen LogP contribution in [0.15, 0.2) is 22.7 Å². The topological polar surface area (TPSA) is 38.3 Å². The molecular formula is C12H13BrF3NO2. The molecule has 0 heterocycles. The number of hydrogen-bond acceptors (Lipinski definition) is 3. The summed E-state index contributed by atoms with van der Waals surface area (Å²) in [5, 5.41) is 2.61. The largest absolute Gasteiger partial charge is 0.462 e. The van der Waals surface area contributed by atoms with Gasteiger partial charge in [-0.25, -0.2) is 0 Å². The number of anilines is 1. The van der Waals surface area contributed by atoms with Crippen molar-refractivity contribution in [2.24, 2.45) is 0 Å². The highest BCUT2D eigenvalue weighted by Crippen LogP contribution is 2.33. The summed E-state index contributed by atoms with van der Waals surface area (Å²) in [6.07, 6.45) is -4.69. The summed E-state index contributed by atoms with van der Waals surface area (Å²) >= 11 is 3.12. The Morgan fingerprint density at radius 1 is 1.42 bits per heavy atom. The molecule has 1 N–H and O–H groups in total. The van der Waals surface area contributed by atoms with Crippen LogP contribution >= 0.6 is 15.9 Å². The zero-order chi connectivity index (χ0) is 14.6. The number of carbonyl (C=O) groups is 1. The molecule has 19 heavy (non-hydrogen) atoms. The molecule has 0 saturated heterocycles. The Bertz CT molecular complexity index is 461. The average Bonchev–Trinajstić information content (AvgIpc) is 2.25. The first-order valence-corrected chi connectivity index (χ1v) is 6.29. The molecule has 7 heteroatoms. The van der Waals surface area contributed by atoms with Gasteiger partial charge in [0.05, 0.1) is 11.7 Å². The van der Waals surface area contributed by atoms with Gasteiger partial charge in [0.25, 0.3) is 0 Å². The normalized spacial score (nSPS) is 11.5. The molecule has 0 unspecified atom stereocenters. The van der Waals surface area contributed by atoms with Gasteiger partial charge in [-0.2, -0.15) is 13.2 Å². The molecule has 3 nitrogen and oxygen atoms in total. The van der Waals surface area contributed by atoms with Gasteiger partial charge in [0.1, 0.15) is 6.54 Å². The summed E-state index contributed by atoms with van der Waals surface area (Å²) in [5.41, 5.74) is -0.592. The van der Waals surface area contributed by atoms with Gasteiger partial charge in [0.15, 0.2) is 0 Å². The summed E-state index contributed by atoms with van der Waals surface area (Å²) in [6, 6.07) is 3.17. The van der Waals surface area contributed by atoms with E-state index in [0.717, 1.165) is 12.1 Å². The molecule has 0 aliphatic rings. The molecule has 0 amide bonds. The van der Waals surface area contributed by atoms with Gasteiger partial charge in [0.2, 0.25) is 0 Å². The predicted octanol–water partition coefficient (Wildman–Crippen LogP) is 3.83. The minimum absolute atomic E-state index is 0.190. The van der Waals surface area contributed by atoms with E-state index in [-0.39, 0.29) is 18.3 Å². The van der Waals surface area contributed by atoms with Crippen molar-refractivity contribution in [3.63, 3.8) is 0 Å². The lowest BCUT2D eigenvalue weighted by molar-refractivity contribution is -0.145. The predicted molar refractivity (Wildman–Crippen MR) is 68.9 cm³/mol. The maximum absolute atomic E-state index is 12.5. The molecule has 0 aliphatic carbocycles. The Morgan fingerprint density at radius 2 is 2.05 bits per heavy atom. The van der Waals surface area contributed by atoms with E-state index in [1.54, 1.807) is 13.8 Å². The van der Waals surface area contributed by atoms with Gasteiger partial charge in [-0.3, -0.25) is 4.79 Å². The second-order valence-corrected chi connectivity index (χ2v) is 4.94. The summed E-state index contributed by atoms with van der Waals surface area (Å²) in [6.45, 7) is 3.19. The molecule has 0 atom stereocenters. The van der Waals surface area contributed by atoms with E-state index in [1.165, 1.54) is 6.07 Å². The van der Waals surface area contributed by atoms with Crippen molar-refractivity contribution in [1.82, 2.24) is 0 Å². The highest BCUT2D eigenvalue weighted by atomic mass is 79.9. The van der Waals surface area contributed by atoms with Gasteiger partial charge < -0.3 is 10.1 Å². The molecule has 0 aliphatic heterocycles. The lowest BCUT2D eigenvalue weighted by Gasteiger charge is -2.13. The van der Waals surface area contributed by atoms with Crippen LogP contribution in [0.2, 0.25) is 0 Å². The smallest absolute Gasteiger partial charge is 0.416 e. The molecule has 1 aromatic carbocycles. The van der Waals surface area contributed by atoms with Crippen molar-refractivity contribution in [3.8, 4) is 0 Å². The van der Waals surface area contributed by atoms with E-state index >= 15 is 0 Å². The fourth-order valence-electron chi connectivity index (χ4n) is 1.31. The molecule has 0 fully saturated rings. The van der Waals surface area contributed by atoms with E-state index in [1.807, 2.05) is 0 Å². The van der Waals surface area contributed by atoms with Crippen LogP contribution in [0.3, 0.4) is 0 Å².